The molecule has 0 fully saturated rings. The minimum atomic E-state index is -4.04. The molecule has 0 heterocycles. The highest BCUT2D eigenvalue weighted by Gasteiger charge is 2.33. The molecule has 3 rings (SSSR count). The third kappa shape index (κ3) is 7.87. The molecule has 0 aliphatic heterocycles. The molecule has 0 saturated heterocycles. The molecule has 3 aromatic rings. The second-order valence-electron chi connectivity index (χ2n) is 8.97. The van der Waals surface area contributed by atoms with Crippen LogP contribution in [0.4, 0.5) is 11.4 Å². The SMILES string of the molecule is CNC(=O)[C@@H](Cc1ccccc1)N(Cc1ccc(Br)cc1)C(=O)CN(c1cc([N+](=O)[O-])ccc1C)S(C)(=O)=O. The van der Waals surface area contributed by atoms with Crippen molar-refractivity contribution in [3.63, 3.8) is 0 Å². The minimum absolute atomic E-state index is 0.0168. The van der Waals surface area contributed by atoms with E-state index in [9.17, 15) is 28.1 Å². The molecule has 0 spiro atoms. The summed E-state index contributed by atoms with van der Waals surface area (Å²) in [4.78, 5) is 39.1. The van der Waals surface area contributed by atoms with E-state index in [1.165, 1.54) is 24.1 Å². The van der Waals surface area contributed by atoms with Gasteiger partial charge in [-0.25, -0.2) is 8.42 Å². The number of carbonyl (C=O) groups excluding carboxylic acids is 2. The van der Waals surface area contributed by atoms with Crippen LogP contribution < -0.4 is 9.62 Å². The number of aryl methyl sites for hydroxylation is 1. The molecule has 0 bridgehead atoms. The smallest absolute Gasteiger partial charge is 0.271 e. The van der Waals surface area contributed by atoms with E-state index in [2.05, 4.69) is 21.2 Å². The molecule has 1 N–H and O–H groups in total. The summed E-state index contributed by atoms with van der Waals surface area (Å²) in [6.07, 6.45) is 1.12. The average Bonchev–Trinajstić information content (AvgIpc) is 2.90. The second kappa shape index (κ2) is 12.9. The number of carbonyl (C=O) groups is 2. The van der Waals surface area contributed by atoms with Crippen LogP contribution in [0.15, 0.2) is 77.3 Å². The standard InChI is InChI=1S/C27H29BrN4O6S/c1-19-9-14-23(32(35)36)16-24(19)31(39(3,37)38)18-26(33)30(17-21-10-12-22(28)13-11-21)25(27(34)29-2)15-20-7-5-4-6-8-20/h4-14,16,25H,15,17-18H2,1-3H3,(H,29,34)/t25-/m1/s1. The van der Waals surface area contributed by atoms with Gasteiger partial charge in [0.1, 0.15) is 12.6 Å². The molecule has 12 heteroatoms. The molecule has 0 aliphatic carbocycles. The predicted molar refractivity (Wildman–Crippen MR) is 153 cm³/mol. The Labute approximate surface area is 236 Å². The molecule has 3 aromatic carbocycles. The predicted octanol–water partition coefficient (Wildman–Crippen LogP) is 3.82. The average molecular weight is 618 g/mol. The number of anilines is 1. The lowest BCUT2D eigenvalue weighted by Crippen LogP contribution is -2.53. The summed E-state index contributed by atoms with van der Waals surface area (Å²) in [6, 6.07) is 19.2. The van der Waals surface area contributed by atoms with Gasteiger partial charge in [-0.3, -0.25) is 24.0 Å². The van der Waals surface area contributed by atoms with Gasteiger partial charge < -0.3 is 10.2 Å². The van der Waals surface area contributed by atoms with Crippen molar-refractivity contribution < 1.29 is 22.9 Å². The second-order valence-corrected chi connectivity index (χ2v) is 11.8. The van der Waals surface area contributed by atoms with Crippen molar-refractivity contribution in [2.45, 2.75) is 25.9 Å². The van der Waals surface area contributed by atoms with E-state index < -0.39 is 39.3 Å². The largest absolute Gasteiger partial charge is 0.357 e. The molecule has 39 heavy (non-hydrogen) atoms. The fraction of sp³-hybridized carbons (Fsp3) is 0.259. The molecule has 206 valence electrons. The van der Waals surface area contributed by atoms with E-state index in [-0.39, 0.29) is 24.3 Å². The van der Waals surface area contributed by atoms with Crippen molar-refractivity contribution in [3.8, 4) is 0 Å². The van der Waals surface area contributed by atoms with Gasteiger partial charge in [-0.15, -0.1) is 0 Å². The number of rotatable bonds is 11. The molecule has 2 amide bonds. The quantitative estimate of drug-likeness (QED) is 0.257. The van der Waals surface area contributed by atoms with Crippen LogP contribution in [-0.2, 0) is 32.6 Å². The summed E-state index contributed by atoms with van der Waals surface area (Å²) in [5.41, 5.74) is 1.68. The number of hydrogen-bond acceptors (Lipinski definition) is 6. The first-order chi connectivity index (χ1) is 18.4. The number of nitro benzene ring substituents is 1. The highest BCUT2D eigenvalue weighted by atomic mass is 79.9. The van der Waals surface area contributed by atoms with Crippen LogP contribution in [0.5, 0.6) is 0 Å². The van der Waals surface area contributed by atoms with Crippen LogP contribution in [0.2, 0.25) is 0 Å². The van der Waals surface area contributed by atoms with Gasteiger partial charge in [0.05, 0.1) is 16.9 Å². The van der Waals surface area contributed by atoms with Crippen molar-refractivity contribution in [1.29, 1.82) is 0 Å². The van der Waals surface area contributed by atoms with Gasteiger partial charge in [0.15, 0.2) is 0 Å². The molecule has 0 unspecified atom stereocenters. The number of likely N-dealkylation sites (N-methyl/N-ethyl adjacent to an activating group) is 1. The normalized spacial score (nSPS) is 11.9. The molecule has 0 saturated carbocycles. The number of non-ortho nitro benzene ring substituents is 1. The number of benzene rings is 3. The van der Waals surface area contributed by atoms with Crippen LogP contribution in [0.3, 0.4) is 0 Å². The molecule has 0 aromatic heterocycles. The lowest BCUT2D eigenvalue weighted by Gasteiger charge is -2.33. The highest BCUT2D eigenvalue weighted by Crippen LogP contribution is 2.28. The van der Waals surface area contributed by atoms with E-state index in [1.807, 2.05) is 30.3 Å². The number of nitrogens with one attached hydrogen (secondary N) is 1. The van der Waals surface area contributed by atoms with Gasteiger partial charge in [0, 0.05) is 36.6 Å². The first-order valence-corrected chi connectivity index (χ1v) is 14.6. The van der Waals surface area contributed by atoms with E-state index in [0.717, 1.165) is 32.2 Å². The molecule has 1 atom stereocenters. The van der Waals surface area contributed by atoms with Gasteiger partial charge in [-0.1, -0.05) is 64.5 Å². The lowest BCUT2D eigenvalue weighted by molar-refractivity contribution is -0.384. The van der Waals surface area contributed by atoms with Crippen molar-refractivity contribution in [2.24, 2.45) is 0 Å². The van der Waals surface area contributed by atoms with Crippen LogP contribution >= 0.6 is 15.9 Å². The Morgan fingerprint density at radius 1 is 1.03 bits per heavy atom. The Morgan fingerprint density at radius 2 is 1.67 bits per heavy atom. The number of hydrogen-bond donors (Lipinski definition) is 1. The summed E-state index contributed by atoms with van der Waals surface area (Å²) in [7, 11) is -2.57. The molecular weight excluding hydrogens is 588 g/mol. The summed E-state index contributed by atoms with van der Waals surface area (Å²) >= 11 is 3.39. The summed E-state index contributed by atoms with van der Waals surface area (Å²) < 4.78 is 27.4. The third-order valence-corrected chi connectivity index (χ3v) is 7.79. The Bertz CT molecular complexity index is 1450. The van der Waals surface area contributed by atoms with Crippen LogP contribution in [0.25, 0.3) is 0 Å². The fourth-order valence-electron chi connectivity index (χ4n) is 4.08. The van der Waals surface area contributed by atoms with Gasteiger partial charge in [0.2, 0.25) is 21.8 Å². The van der Waals surface area contributed by atoms with E-state index in [4.69, 9.17) is 0 Å². The van der Waals surface area contributed by atoms with Gasteiger partial charge >= 0.3 is 0 Å². The van der Waals surface area contributed by atoms with Gasteiger partial charge in [-0.2, -0.15) is 0 Å². The number of amides is 2. The Kier molecular flexibility index (Phi) is 9.81. The maximum atomic E-state index is 13.9. The fourth-order valence-corrected chi connectivity index (χ4v) is 5.25. The van der Waals surface area contributed by atoms with Crippen molar-refractivity contribution >= 4 is 49.1 Å². The summed E-state index contributed by atoms with van der Waals surface area (Å²) in [6.45, 7) is 0.978. The van der Waals surface area contributed by atoms with Gasteiger partial charge in [-0.05, 0) is 35.7 Å². The topological polar surface area (TPSA) is 130 Å². The van der Waals surface area contributed by atoms with Crippen LogP contribution in [0.1, 0.15) is 16.7 Å². The highest BCUT2D eigenvalue weighted by molar-refractivity contribution is 9.10. The van der Waals surface area contributed by atoms with E-state index in [1.54, 1.807) is 31.2 Å². The Morgan fingerprint density at radius 3 is 2.23 bits per heavy atom. The number of halogens is 1. The zero-order valence-corrected chi connectivity index (χ0v) is 24.1. The number of nitro groups is 1. The molecule has 0 radical (unpaired) electrons. The monoisotopic (exact) mass is 616 g/mol. The summed E-state index contributed by atoms with van der Waals surface area (Å²) in [5.74, 6) is -1.06. The molecule has 10 nitrogen and oxygen atoms in total. The van der Waals surface area contributed by atoms with Crippen molar-refractivity contribution in [1.82, 2.24) is 10.2 Å². The Balaban J connectivity index is 2.07. The molecule has 0 aliphatic rings. The van der Waals surface area contributed by atoms with E-state index in [0.29, 0.717) is 5.56 Å². The van der Waals surface area contributed by atoms with Crippen molar-refractivity contribution in [3.05, 3.63) is 104 Å². The maximum absolute atomic E-state index is 13.9. The lowest BCUT2D eigenvalue weighted by atomic mass is 10.0. The molecular formula is C27H29BrN4O6S. The zero-order chi connectivity index (χ0) is 28.7. The zero-order valence-electron chi connectivity index (χ0n) is 21.7. The Hall–Kier alpha value is -3.77. The van der Waals surface area contributed by atoms with Crippen LogP contribution in [-0.4, -0.2) is 55.9 Å². The summed E-state index contributed by atoms with van der Waals surface area (Å²) in [5, 5.41) is 14.0. The van der Waals surface area contributed by atoms with E-state index >= 15 is 0 Å². The number of nitrogens with zero attached hydrogens (tertiary/aromatic N) is 3. The van der Waals surface area contributed by atoms with Crippen molar-refractivity contribution in [2.75, 3.05) is 24.2 Å². The third-order valence-electron chi connectivity index (χ3n) is 6.14. The first-order valence-electron chi connectivity index (χ1n) is 11.9. The van der Waals surface area contributed by atoms with Gasteiger partial charge in [0.25, 0.3) is 5.69 Å². The van der Waals surface area contributed by atoms with Crippen LogP contribution in [0, 0.1) is 17.0 Å². The minimum Gasteiger partial charge on any atom is -0.357 e. The maximum Gasteiger partial charge on any atom is 0.271 e. The first kappa shape index (κ1) is 29.8. The number of sulfonamides is 1.